The fraction of sp³-hybridized carbons (Fsp3) is 0.238. The Morgan fingerprint density at radius 3 is 2.52 bits per heavy atom. The molecule has 1 N–H and O–H groups in total. The van der Waals surface area contributed by atoms with Gasteiger partial charge in [0.2, 0.25) is 0 Å². The third-order valence-electron chi connectivity index (χ3n) is 4.68. The molecule has 0 bridgehead atoms. The summed E-state index contributed by atoms with van der Waals surface area (Å²) in [7, 11) is 0. The minimum atomic E-state index is -0.459. The lowest BCUT2D eigenvalue weighted by Crippen LogP contribution is -2.15. The van der Waals surface area contributed by atoms with Gasteiger partial charge in [-0.2, -0.15) is 5.10 Å². The minimum Gasteiger partial charge on any atom is -0.493 e. The zero-order valence-corrected chi connectivity index (χ0v) is 15.9. The standard InChI is InChI=1S/C21H20N4O4/c1-14-12-20(24(23-14)17-6-8-18(9-7-17)25(27)28)22-21(26)16-4-10-19(11-5-16)29-13-15-2-3-15/h4-12,15H,2-3,13H2,1H3,(H,22,26). The molecule has 3 aromatic rings. The Kier molecular flexibility index (Phi) is 4.99. The van der Waals surface area contributed by atoms with Crippen LogP contribution < -0.4 is 10.1 Å². The van der Waals surface area contributed by atoms with Gasteiger partial charge in [-0.05, 0) is 62.1 Å². The van der Waals surface area contributed by atoms with E-state index in [1.165, 1.54) is 25.0 Å². The summed E-state index contributed by atoms with van der Waals surface area (Å²) in [6.45, 7) is 2.53. The number of hydrogen-bond acceptors (Lipinski definition) is 5. The van der Waals surface area contributed by atoms with Crippen molar-refractivity contribution in [1.82, 2.24) is 9.78 Å². The van der Waals surface area contributed by atoms with Gasteiger partial charge in [-0.3, -0.25) is 14.9 Å². The molecule has 1 saturated carbocycles. The van der Waals surface area contributed by atoms with Crippen LogP contribution in [0, 0.1) is 23.0 Å². The quantitative estimate of drug-likeness (QED) is 0.481. The summed E-state index contributed by atoms with van der Waals surface area (Å²) in [5, 5.41) is 18.1. The third kappa shape index (κ3) is 4.43. The van der Waals surface area contributed by atoms with Crippen LogP contribution in [-0.4, -0.2) is 27.2 Å². The number of aryl methyl sites for hydroxylation is 1. The highest BCUT2D eigenvalue weighted by Crippen LogP contribution is 2.29. The number of aromatic nitrogens is 2. The number of nitro benzene ring substituents is 1. The van der Waals surface area contributed by atoms with E-state index in [9.17, 15) is 14.9 Å². The minimum absolute atomic E-state index is 0.00721. The summed E-state index contributed by atoms with van der Waals surface area (Å²) in [4.78, 5) is 23.0. The molecule has 29 heavy (non-hydrogen) atoms. The Morgan fingerprint density at radius 2 is 1.90 bits per heavy atom. The van der Waals surface area contributed by atoms with Crippen molar-refractivity contribution in [3.63, 3.8) is 0 Å². The summed E-state index contributed by atoms with van der Waals surface area (Å²) < 4.78 is 7.24. The average Bonchev–Trinajstić information content (AvgIpc) is 3.48. The van der Waals surface area contributed by atoms with Gasteiger partial charge in [-0.1, -0.05) is 0 Å². The van der Waals surface area contributed by atoms with Crippen molar-refractivity contribution in [2.45, 2.75) is 19.8 Å². The highest BCUT2D eigenvalue weighted by molar-refractivity contribution is 6.04. The first kappa shape index (κ1) is 18.7. The Balaban J connectivity index is 1.48. The maximum Gasteiger partial charge on any atom is 0.269 e. The number of nitrogens with zero attached hydrogens (tertiary/aromatic N) is 3. The molecule has 8 nitrogen and oxygen atoms in total. The van der Waals surface area contributed by atoms with Gasteiger partial charge in [-0.15, -0.1) is 0 Å². The molecule has 0 saturated heterocycles. The number of nitrogens with one attached hydrogen (secondary N) is 1. The van der Waals surface area contributed by atoms with E-state index >= 15 is 0 Å². The SMILES string of the molecule is Cc1cc(NC(=O)c2ccc(OCC3CC3)cc2)n(-c2ccc([N+](=O)[O-])cc2)n1. The number of non-ortho nitro benzene ring substituents is 1. The van der Waals surface area contributed by atoms with Gasteiger partial charge in [0.25, 0.3) is 11.6 Å². The molecule has 2 aromatic carbocycles. The maximum absolute atomic E-state index is 12.7. The Hall–Kier alpha value is -3.68. The molecule has 0 radical (unpaired) electrons. The van der Waals surface area contributed by atoms with Gasteiger partial charge in [-0.25, -0.2) is 4.68 Å². The lowest BCUT2D eigenvalue weighted by atomic mass is 10.2. The number of benzene rings is 2. The summed E-state index contributed by atoms with van der Waals surface area (Å²) in [6.07, 6.45) is 2.45. The maximum atomic E-state index is 12.7. The molecule has 0 unspecified atom stereocenters. The molecule has 1 aliphatic carbocycles. The summed E-state index contributed by atoms with van der Waals surface area (Å²) in [6, 6.07) is 14.7. The first-order valence-electron chi connectivity index (χ1n) is 9.35. The normalized spacial score (nSPS) is 13.1. The molecule has 1 aliphatic rings. The number of nitro groups is 1. The second kappa shape index (κ2) is 7.75. The molecule has 1 aromatic heterocycles. The van der Waals surface area contributed by atoms with Crippen LogP contribution in [0.1, 0.15) is 28.9 Å². The van der Waals surface area contributed by atoms with Crippen molar-refractivity contribution in [2.24, 2.45) is 5.92 Å². The van der Waals surface area contributed by atoms with E-state index in [2.05, 4.69) is 10.4 Å². The number of hydrogen-bond donors (Lipinski definition) is 1. The van der Waals surface area contributed by atoms with Gasteiger partial charge in [0, 0.05) is 23.8 Å². The number of rotatable bonds is 7. The number of anilines is 1. The summed E-state index contributed by atoms with van der Waals surface area (Å²) in [5.74, 6) is 1.62. The van der Waals surface area contributed by atoms with E-state index in [1.807, 2.05) is 6.92 Å². The summed E-state index contributed by atoms with van der Waals surface area (Å²) >= 11 is 0. The predicted octanol–water partition coefficient (Wildman–Crippen LogP) is 4.13. The molecule has 4 rings (SSSR count). The molecule has 0 spiro atoms. The highest BCUT2D eigenvalue weighted by Gasteiger charge is 2.22. The Morgan fingerprint density at radius 1 is 1.21 bits per heavy atom. The van der Waals surface area contributed by atoms with Crippen LogP contribution >= 0.6 is 0 Å². The lowest BCUT2D eigenvalue weighted by molar-refractivity contribution is -0.384. The third-order valence-corrected chi connectivity index (χ3v) is 4.68. The zero-order valence-electron chi connectivity index (χ0n) is 15.9. The van der Waals surface area contributed by atoms with E-state index in [0.717, 1.165) is 12.4 Å². The van der Waals surface area contributed by atoms with Crippen LogP contribution in [0.25, 0.3) is 5.69 Å². The second-order valence-electron chi connectivity index (χ2n) is 7.09. The van der Waals surface area contributed by atoms with E-state index in [-0.39, 0.29) is 11.6 Å². The second-order valence-corrected chi connectivity index (χ2v) is 7.09. The van der Waals surface area contributed by atoms with Crippen molar-refractivity contribution in [1.29, 1.82) is 0 Å². The van der Waals surface area contributed by atoms with Crippen LogP contribution in [0.5, 0.6) is 5.75 Å². The molecule has 1 amide bonds. The van der Waals surface area contributed by atoms with E-state index in [4.69, 9.17) is 4.74 Å². The number of ether oxygens (including phenoxy) is 1. The van der Waals surface area contributed by atoms with E-state index in [1.54, 1.807) is 47.1 Å². The monoisotopic (exact) mass is 392 g/mol. The first-order valence-corrected chi connectivity index (χ1v) is 9.35. The lowest BCUT2D eigenvalue weighted by Gasteiger charge is -2.10. The molecular formula is C21H20N4O4. The number of amides is 1. The van der Waals surface area contributed by atoms with Gasteiger partial charge in [0.1, 0.15) is 11.6 Å². The van der Waals surface area contributed by atoms with Crippen LogP contribution in [0.15, 0.2) is 54.6 Å². The van der Waals surface area contributed by atoms with Gasteiger partial charge < -0.3 is 10.1 Å². The molecule has 1 heterocycles. The van der Waals surface area contributed by atoms with E-state index in [0.29, 0.717) is 28.7 Å². The molecular weight excluding hydrogens is 372 g/mol. The largest absolute Gasteiger partial charge is 0.493 e. The Labute approximate surface area is 167 Å². The molecule has 8 heteroatoms. The zero-order chi connectivity index (χ0) is 20.4. The average molecular weight is 392 g/mol. The molecule has 0 aliphatic heterocycles. The molecule has 1 fully saturated rings. The van der Waals surface area contributed by atoms with Crippen molar-refractivity contribution >= 4 is 17.4 Å². The summed E-state index contributed by atoms with van der Waals surface area (Å²) in [5.41, 5.74) is 1.82. The highest BCUT2D eigenvalue weighted by atomic mass is 16.6. The fourth-order valence-corrected chi connectivity index (χ4v) is 2.89. The van der Waals surface area contributed by atoms with Crippen molar-refractivity contribution in [3.05, 3.63) is 76.0 Å². The van der Waals surface area contributed by atoms with Gasteiger partial charge >= 0.3 is 0 Å². The van der Waals surface area contributed by atoms with E-state index < -0.39 is 4.92 Å². The van der Waals surface area contributed by atoms with Crippen molar-refractivity contribution in [3.8, 4) is 11.4 Å². The molecule has 148 valence electrons. The first-order chi connectivity index (χ1) is 14.0. The number of carbonyl (C=O) groups excluding carboxylic acids is 1. The van der Waals surface area contributed by atoms with Crippen LogP contribution in [0.4, 0.5) is 11.5 Å². The molecule has 0 atom stereocenters. The van der Waals surface area contributed by atoms with Crippen molar-refractivity contribution < 1.29 is 14.5 Å². The number of carbonyl (C=O) groups is 1. The topological polar surface area (TPSA) is 99.3 Å². The van der Waals surface area contributed by atoms with Crippen LogP contribution in [0.3, 0.4) is 0 Å². The smallest absolute Gasteiger partial charge is 0.269 e. The van der Waals surface area contributed by atoms with Crippen LogP contribution in [0.2, 0.25) is 0 Å². The van der Waals surface area contributed by atoms with Crippen molar-refractivity contribution in [2.75, 3.05) is 11.9 Å². The Bertz CT molecular complexity index is 1040. The fourth-order valence-electron chi connectivity index (χ4n) is 2.89. The van der Waals surface area contributed by atoms with Gasteiger partial charge in [0.05, 0.1) is 22.9 Å². The van der Waals surface area contributed by atoms with Crippen LogP contribution in [-0.2, 0) is 0 Å². The van der Waals surface area contributed by atoms with Gasteiger partial charge in [0.15, 0.2) is 0 Å². The predicted molar refractivity (Wildman–Crippen MR) is 108 cm³/mol.